The second-order valence-electron chi connectivity index (χ2n) is 7.70. The summed E-state index contributed by atoms with van der Waals surface area (Å²) >= 11 is 0. The number of hydrogen-bond donors (Lipinski definition) is 1. The maximum atomic E-state index is 12.7. The van der Waals surface area contributed by atoms with Crippen LogP contribution in [-0.4, -0.2) is 33.5 Å². The number of amides is 1. The van der Waals surface area contributed by atoms with E-state index in [9.17, 15) is 9.90 Å². The molecule has 0 aliphatic rings. The summed E-state index contributed by atoms with van der Waals surface area (Å²) in [6.45, 7) is 4.16. The van der Waals surface area contributed by atoms with Crippen molar-refractivity contribution in [2.24, 2.45) is 0 Å². The fourth-order valence-corrected chi connectivity index (χ4v) is 3.05. The van der Waals surface area contributed by atoms with Crippen LogP contribution in [0.3, 0.4) is 0 Å². The molecular weight excluding hydrogens is 336 g/mol. The van der Waals surface area contributed by atoms with Crippen LogP contribution in [0.5, 0.6) is 0 Å². The number of aliphatic hydroxyl groups is 1. The zero-order valence-corrected chi connectivity index (χ0v) is 16.1. The zero-order valence-electron chi connectivity index (χ0n) is 16.1. The highest BCUT2D eigenvalue weighted by atomic mass is 16.3. The first-order valence-electron chi connectivity index (χ1n) is 9.22. The summed E-state index contributed by atoms with van der Waals surface area (Å²) < 4.78 is 0. The maximum absolute atomic E-state index is 12.7. The number of carbonyl (C=O) groups is 1. The third kappa shape index (κ3) is 5.14. The molecule has 0 fully saturated rings. The van der Waals surface area contributed by atoms with Gasteiger partial charge in [0.15, 0.2) is 0 Å². The number of aryl methyl sites for hydroxylation is 1. The van der Waals surface area contributed by atoms with Crippen LogP contribution in [0.2, 0.25) is 0 Å². The maximum Gasteiger partial charge on any atom is 0.253 e. The van der Waals surface area contributed by atoms with E-state index in [1.807, 2.05) is 69.4 Å². The van der Waals surface area contributed by atoms with Crippen molar-refractivity contribution in [3.05, 3.63) is 77.5 Å². The number of hydrogen-bond acceptors (Lipinski definition) is 3. The summed E-state index contributed by atoms with van der Waals surface area (Å²) in [4.78, 5) is 18.8. The molecule has 3 rings (SSSR count). The summed E-state index contributed by atoms with van der Waals surface area (Å²) in [7, 11) is 1.82. The highest BCUT2D eigenvalue weighted by Gasteiger charge is 2.14. The fourth-order valence-electron chi connectivity index (χ4n) is 3.05. The number of rotatable bonds is 6. The van der Waals surface area contributed by atoms with E-state index in [4.69, 9.17) is 0 Å². The third-order valence-corrected chi connectivity index (χ3v) is 4.66. The van der Waals surface area contributed by atoms with Crippen LogP contribution in [0.15, 0.2) is 60.8 Å². The zero-order chi connectivity index (χ0) is 19.4. The van der Waals surface area contributed by atoms with Gasteiger partial charge in [0, 0.05) is 30.7 Å². The number of carbonyl (C=O) groups excluding carboxylic acids is 1. The van der Waals surface area contributed by atoms with Crippen LogP contribution in [0.4, 0.5) is 0 Å². The molecule has 1 N–H and O–H groups in total. The number of benzene rings is 2. The first-order chi connectivity index (χ1) is 12.8. The van der Waals surface area contributed by atoms with Crippen LogP contribution in [0, 0.1) is 0 Å². The lowest BCUT2D eigenvalue weighted by molar-refractivity contribution is 0.0713. The summed E-state index contributed by atoms with van der Waals surface area (Å²) in [6.07, 6.45) is 3.26. The summed E-state index contributed by atoms with van der Waals surface area (Å²) in [5, 5.41) is 10.9. The Balaban J connectivity index is 1.65. The summed E-state index contributed by atoms with van der Waals surface area (Å²) in [5.41, 5.74) is 3.15. The number of fused-ring (bicyclic) bond motifs is 1. The second kappa shape index (κ2) is 7.89. The quantitative estimate of drug-likeness (QED) is 0.715. The van der Waals surface area contributed by atoms with Gasteiger partial charge in [-0.25, -0.2) is 0 Å². The third-order valence-electron chi connectivity index (χ3n) is 4.66. The molecule has 0 aliphatic heterocycles. The van der Waals surface area contributed by atoms with E-state index >= 15 is 0 Å². The van der Waals surface area contributed by atoms with E-state index in [-0.39, 0.29) is 5.91 Å². The van der Waals surface area contributed by atoms with Gasteiger partial charge in [0.2, 0.25) is 0 Å². The summed E-state index contributed by atoms with van der Waals surface area (Å²) in [6, 6.07) is 17.7. The van der Waals surface area contributed by atoms with Crippen LogP contribution in [0.1, 0.15) is 41.8 Å². The van der Waals surface area contributed by atoms with Gasteiger partial charge in [-0.2, -0.15) is 0 Å². The lowest BCUT2D eigenvalue weighted by atomic mass is 9.98. The molecule has 27 heavy (non-hydrogen) atoms. The standard InChI is InChI=1S/C23H26N2O2/c1-23(2,27)13-12-17-6-9-19(10-7-17)22(26)25(3)16-18-8-11-21-20(15-18)5-4-14-24-21/h4-11,14-15,27H,12-13,16H2,1-3H3. The Labute approximate surface area is 160 Å². The van der Waals surface area contributed by atoms with E-state index in [1.54, 1.807) is 11.1 Å². The minimum atomic E-state index is -0.677. The lowest BCUT2D eigenvalue weighted by Gasteiger charge is -2.18. The SMILES string of the molecule is CN(Cc1ccc2ncccc2c1)C(=O)c1ccc(CCC(C)(C)O)cc1. The highest BCUT2D eigenvalue weighted by Crippen LogP contribution is 2.17. The van der Waals surface area contributed by atoms with Gasteiger partial charge in [-0.3, -0.25) is 9.78 Å². The van der Waals surface area contributed by atoms with Crippen molar-refractivity contribution >= 4 is 16.8 Å². The van der Waals surface area contributed by atoms with Gasteiger partial charge in [0.1, 0.15) is 0 Å². The average Bonchev–Trinajstić information content (AvgIpc) is 2.65. The Morgan fingerprint density at radius 3 is 2.48 bits per heavy atom. The predicted octanol–water partition coefficient (Wildman–Crippen LogP) is 4.21. The molecule has 0 saturated carbocycles. The smallest absolute Gasteiger partial charge is 0.253 e. The van der Waals surface area contributed by atoms with Crippen molar-refractivity contribution in [2.45, 2.75) is 38.8 Å². The van der Waals surface area contributed by atoms with Crippen LogP contribution >= 0.6 is 0 Å². The topological polar surface area (TPSA) is 53.4 Å². The Morgan fingerprint density at radius 2 is 1.78 bits per heavy atom. The van der Waals surface area contributed by atoms with Crippen molar-refractivity contribution < 1.29 is 9.90 Å². The molecule has 2 aromatic carbocycles. The normalized spacial score (nSPS) is 11.6. The second-order valence-corrected chi connectivity index (χ2v) is 7.70. The van der Waals surface area contributed by atoms with Gasteiger partial charge in [-0.15, -0.1) is 0 Å². The molecule has 1 amide bonds. The molecule has 0 radical (unpaired) electrons. The van der Waals surface area contributed by atoms with E-state index in [0.29, 0.717) is 18.5 Å². The van der Waals surface area contributed by atoms with Gasteiger partial charge in [0.05, 0.1) is 11.1 Å². The Hall–Kier alpha value is -2.72. The van der Waals surface area contributed by atoms with E-state index in [1.165, 1.54) is 0 Å². The van der Waals surface area contributed by atoms with Gasteiger partial charge >= 0.3 is 0 Å². The van der Waals surface area contributed by atoms with E-state index < -0.39 is 5.60 Å². The van der Waals surface area contributed by atoms with E-state index in [0.717, 1.165) is 28.5 Å². The molecule has 3 aromatic rings. The Morgan fingerprint density at radius 1 is 1.07 bits per heavy atom. The molecule has 0 unspecified atom stereocenters. The molecule has 0 atom stereocenters. The molecule has 1 heterocycles. The van der Waals surface area contributed by atoms with Gasteiger partial charge < -0.3 is 10.0 Å². The Bertz CT molecular complexity index is 927. The van der Waals surface area contributed by atoms with Crippen molar-refractivity contribution in [1.82, 2.24) is 9.88 Å². The largest absolute Gasteiger partial charge is 0.390 e. The Kier molecular flexibility index (Phi) is 5.57. The van der Waals surface area contributed by atoms with Crippen molar-refractivity contribution in [2.75, 3.05) is 7.05 Å². The van der Waals surface area contributed by atoms with Crippen molar-refractivity contribution in [3.8, 4) is 0 Å². The number of nitrogens with zero attached hydrogens (tertiary/aromatic N) is 2. The molecule has 0 saturated heterocycles. The molecule has 0 spiro atoms. The fraction of sp³-hybridized carbons (Fsp3) is 0.304. The van der Waals surface area contributed by atoms with Crippen LogP contribution in [-0.2, 0) is 13.0 Å². The number of aromatic nitrogens is 1. The molecule has 0 bridgehead atoms. The monoisotopic (exact) mass is 362 g/mol. The van der Waals surface area contributed by atoms with Crippen LogP contribution in [0.25, 0.3) is 10.9 Å². The van der Waals surface area contributed by atoms with Gasteiger partial charge in [-0.1, -0.05) is 24.3 Å². The average molecular weight is 362 g/mol. The minimum Gasteiger partial charge on any atom is -0.390 e. The highest BCUT2D eigenvalue weighted by molar-refractivity contribution is 5.94. The van der Waals surface area contributed by atoms with E-state index in [2.05, 4.69) is 11.1 Å². The molecule has 0 aliphatic carbocycles. The van der Waals surface area contributed by atoms with Crippen molar-refractivity contribution in [1.29, 1.82) is 0 Å². The number of pyridine rings is 1. The van der Waals surface area contributed by atoms with Crippen molar-refractivity contribution in [3.63, 3.8) is 0 Å². The van der Waals surface area contributed by atoms with Gasteiger partial charge in [-0.05, 0) is 68.1 Å². The molecule has 140 valence electrons. The molecule has 4 nitrogen and oxygen atoms in total. The minimum absolute atomic E-state index is 0.00433. The first-order valence-corrected chi connectivity index (χ1v) is 9.22. The lowest BCUT2D eigenvalue weighted by Crippen LogP contribution is -2.26. The first kappa shape index (κ1) is 19.1. The molecule has 4 heteroatoms. The van der Waals surface area contributed by atoms with Crippen LogP contribution < -0.4 is 0 Å². The molecular formula is C23H26N2O2. The summed E-state index contributed by atoms with van der Waals surface area (Å²) in [5.74, 6) is -0.00433. The van der Waals surface area contributed by atoms with Gasteiger partial charge in [0.25, 0.3) is 5.91 Å². The predicted molar refractivity (Wildman–Crippen MR) is 109 cm³/mol. The molecule has 1 aromatic heterocycles.